The fourth-order valence-electron chi connectivity index (χ4n) is 0.972. The predicted octanol–water partition coefficient (Wildman–Crippen LogP) is 3.65. The Hall–Kier alpha value is -0.760. The molecule has 0 radical (unpaired) electrons. The second-order valence-electron chi connectivity index (χ2n) is 3.06. The molecule has 1 atom stereocenters. The van der Waals surface area contributed by atoms with Gasteiger partial charge in [-0.3, -0.25) is 0 Å². The van der Waals surface area contributed by atoms with E-state index >= 15 is 0 Å². The van der Waals surface area contributed by atoms with Crippen LogP contribution in [0.5, 0.6) is 0 Å². The monoisotopic (exact) mass is 198 g/mol. The zero-order chi connectivity index (χ0) is 10.6. The van der Waals surface area contributed by atoms with Crippen LogP contribution in [0.4, 0.5) is 0 Å². The van der Waals surface area contributed by atoms with E-state index in [1.165, 1.54) is 12.8 Å². The van der Waals surface area contributed by atoms with Gasteiger partial charge in [-0.15, -0.1) is 0 Å². The van der Waals surface area contributed by atoms with Crippen LogP contribution in [0.25, 0.3) is 0 Å². The van der Waals surface area contributed by atoms with E-state index in [0.717, 1.165) is 6.42 Å². The molecule has 0 aromatic carbocycles. The van der Waals surface area contributed by atoms with E-state index in [4.69, 9.17) is 9.47 Å². The molecule has 0 saturated carbocycles. The summed E-state index contributed by atoms with van der Waals surface area (Å²) in [4.78, 5) is 0. The summed E-state index contributed by atoms with van der Waals surface area (Å²) in [7, 11) is 0. The van der Waals surface area contributed by atoms with Crippen LogP contribution in [0.1, 0.15) is 40.0 Å². The molecule has 0 aliphatic rings. The SMILES string of the molecule is CCCC/C=C/C=C\OC(C)OCC. The third kappa shape index (κ3) is 9.33. The summed E-state index contributed by atoms with van der Waals surface area (Å²) in [5.74, 6) is 0. The van der Waals surface area contributed by atoms with Gasteiger partial charge in [0, 0.05) is 6.61 Å². The minimum atomic E-state index is -0.153. The quantitative estimate of drug-likeness (QED) is 0.256. The zero-order valence-electron chi connectivity index (χ0n) is 9.53. The summed E-state index contributed by atoms with van der Waals surface area (Å²) in [5, 5.41) is 0. The van der Waals surface area contributed by atoms with E-state index in [0.29, 0.717) is 6.61 Å². The molecule has 82 valence electrons. The van der Waals surface area contributed by atoms with Gasteiger partial charge >= 0.3 is 0 Å². The van der Waals surface area contributed by atoms with Crippen LogP contribution < -0.4 is 0 Å². The standard InChI is InChI=1S/C12H22O2/c1-4-6-7-8-9-10-11-14-12(3)13-5-2/h8-12H,4-7H2,1-3H3/b9-8+,11-10-. The van der Waals surface area contributed by atoms with Crippen LogP contribution >= 0.6 is 0 Å². The minimum Gasteiger partial charge on any atom is -0.473 e. The first-order valence-corrected chi connectivity index (χ1v) is 5.40. The molecule has 0 saturated heterocycles. The fourth-order valence-corrected chi connectivity index (χ4v) is 0.972. The summed E-state index contributed by atoms with van der Waals surface area (Å²) in [6.07, 6.45) is 11.2. The summed E-state index contributed by atoms with van der Waals surface area (Å²) >= 11 is 0. The van der Waals surface area contributed by atoms with Crippen molar-refractivity contribution in [3.05, 3.63) is 24.5 Å². The number of hydrogen-bond acceptors (Lipinski definition) is 2. The Morgan fingerprint density at radius 3 is 2.64 bits per heavy atom. The van der Waals surface area contributed by atoms with E-state index in [9.17, 15) is 0 Å². The van der Waals surface area contributed by atoms with Crippen molar-refractivity contribution in [3.8, 4) is 0 Å². The van der Waals surface area contributed by atoms with Crippen molar-refractivity contribution in [1.29, 1.82) is 0 Å². The molecule has 0 rings (SSSR count). The van der Waals surface area contributed by atoms with Crippen molar-refractivity contribution in [2.75, 3.05) is 6.61 Å². The van der Waals surface area contributed by atoms with Gasteiger partial charge in [-0.25, -0.2) is 0 Å². The highest BCUT2D eigenvalue weighted by Crippen LogP contribution is 1.96. The van der Waals surface area contributed by atoms with Crippen LogP contribution in [0, 0.1) is 0 Å². The lowest BCUT2D eigenvalue weighted by Crippen LogP contribution is -2.08. The van der Waals surface area contributed by atoms with E-state index in [-0.39, 0.29) is 6.29 Å². The Morgan fingerprint density at radius 2 is 2.00 bits per heavy atom. The molecule has 0 aliphatic heterocycles. The summed E-state index contributed by atoms with van der Waals surface area (Å²) in [6.45, 7) is 6.71. The van der Waals surface area contributed by atoms with Crippen molar-refractivity contribution < 1.29 is 9.47 Å². The third-order valence-corrected chi connectivity index (χ3v) is 1.72. The molecule has 0 fully saturated rings. The van der Waals surface area contributed by atoms with E-state index in [1.807, 2.05) is 26.0 Å². The lowest BCUT2D eigenvalue weighted by Gasteiger charge is -2.09. The number of hydrogen-bond donors (Lipinski definition) is 0. The highest BCUT2D eigenvalue weighted by atomic mass is 16.7. The molecule has 0 aliphatic carbocycles. The molecule has 0 bridgehead atoms. The molecule has 0 aromatic rings. The normalized spacial score (nSPS) is 13.9. The first kappa shape index (κ1) is 13.2. The van der Waals surface area contributed by atoms with Crippen molar-refractivity contribution in [2.45, 2.75) is 46.3 Å². The number of ether oxygens (including phenoxy) is 2. The maximum atomic E-state index is 5.23. The first-order valence-electron chi connectivity index (χ1n) is 5.40. The molecule has 0 amide bonds. The highest BCUT2D eigenvalue weighted by molar-refractivity contribution is 4.99. The average Bonchev–Trinajstić information content (AvgIpc) is 2.17. The lowest BCUT2D eigenvalue weighted by molar-refractivity contribution is -0.0881. The van der Waals surface area contributed by atoms with Gasteiger partial charge in [0.2, 0.25) is 0 Å². The maximum absolute atomic E-state index is 5.23. The summed E-state index contributed by atoms with van der Waals surface area (Å²) in [5.41, 5.74) is 0. The first-order chi connectivity index (χ1) is 6.81. The van der Waals surface area contributed by atoms with Crippen LogP contribution in [-0.4, -0.2) is 12.9 Å². The molecular formula is C12H22O2. The third-order valence-electron chi connectivity index (χ3n) is 1.72. The van der Waals surface area contributed by atoms with Crippen molar-refractivity contribution >= 4 is 0 Å². The van der Waals surface area contributed by atoms with Crippen molar-refractivity contribution in [2.24, 2.45) is 0 Å². The lowest BCUT2D eigenvalue weighted by atomic mass is 10.2. The summed E-state index contributed by atoms with van der Waals surface area (Å²) in [6, 6.07) is 0. The predicted molar refractivity (Wildman–Crippen MR) is 60.0 cm³/mol. The number of rotatable bonds is 8. The molecule has 1 unspecified atom stereocenters. The highest BCUT2D eigenvalue weighted by Gasteiger charge is 1.94. The molecule has 0 aromatic heterocycles. The molecule has 0 spiro atoms. The van der Waals surface area contributed by atoms with Crippen molar-refractivity contribution in [3.63, 3.8) is 0 Å². The number of allylic oxidation sites excluding steroid dienone is 3. The van der Waals surface area contributed by atoms with Crippen LogP contribution in [-0.2, 0) is 9.47 Å². The molecule has 2 heteroatoms. The second kappa shape index (κ2) is 10.3. The Morgan fingerprint density at radius 1 is 1.21 bits per heavy atom. The van der Waals surface area contributed by atoms with Gasteiger partial charge in [0.25, 0.3) is 0 Å². The van der Waals surface area contributed by atoms with Gasteiger partial charge in [-0.2, -0.15) is 0 Å². The Labute approximate surface area is 87.6 Å². The van der Waals surface area contributed by atoms with Gasteiger partial charge < -0.3 is 9.47 Å². The smallest absolute Gasteiger partial charge is 0.196 e. The van der Waals surface area contributed by atoms with Gasteiger partial charge in [0.1, 0.15) is 0 Å². The van der Waals surface area contributed by atoms with E-state index in [1.54, 1.807) is 6.26 Å². The average molecular weight is 198 g/mol. The van der Waals surface area contributed by atoms with Crippen LogP contribution in [0.2, 0.25) is 0 Å². The summed E-state index contributed by atoms with van der Waals surface area (Å²) < 4.78 is 10.4. The Balaban J connectivity index is 3.38. The maximum Gasteiger partial charge on any atom is 0.196 e. The molecule has 2 nitrogen and oxygen atoms in total. The van der Waals surface area contributed by atoms with E-state index < -0.39 is 0 Å². The zero-order valence-corrected chi connectivity index (χ0v) is 9.53. The van der Waals surface area contributed by atoms with Crippen molar-refractivity contribution in [1.82, 2.24) is 0 Å². The Kier molecular flexibility index (Phi) is 9.76. The van der Waals surface area contributed by atoms with Gasteiger partial charge in [0.15, 0.2) is 6.29 Å². The molecule has 0 N–H and O–H groups in total. The fraction of sp³-hybridized carbons (Fsp3) is 0.667. The second-order valence-corrected chi connectivity index (χ2v) is 3.06. The van der Waals surface area contributed by atoms with Crippen LogP contribution in [0.15, 0.2) is 24.5 Å². The number of unbranched alkanes of at least 4 members (excludes halogenated alkanes) is 2. The topological polar surface area (TPSA) is 18.5 Å². The largest absolute Gasteiger partial charge is 0.473 e. The Bertz CT molecular complexity index is 162. The van der Waals surface area contributed by atoms with Gasteiger partial charge in [0.05, 0.1) is 6.26 Å². The van der Waals surface area contributed by atoms with E-state index in [2.05, 4.69) is 13.0 Å². The van der Waals surface area contributed by atoms with Crippen LogP contribution in [0.3, 0.4) is 0 Å². The molecule has 0 heterocycles. The van der Waals surface area contributed by atoms with Gasteiger partial charge in [-0.05, 0) is 26.3 Å². The van der Waals surface area contributed by atoms with Gasteiger partial charge in [-0.1, -0.05) is 31.9 Å². The molecule has 14 heavy (non-hydrogen) atoms. The molecular weight excluding hydrogens is 176 g/mol. The minimum absolute atomic E-state index is 0.153.